The van der Waals surface area contributed by atoms with Crippen molar-refractivity contribution in [3.05, 3.63) is 118 Å². The first-order valence-corrected chi connectivity index (χ1v) is 15.1. The summed E-state index contributed by atoms with van der Waals surface area (Å²) in [6.45, 7) is 5.77. The van der Waals surface area contributed by atoms with Crippen LogP contribution < -0.4 is 25.5 Å². The third kappa shape index (κ3) is 8.33. The van der Waals surface area contributed by atoms with Crippen molar-refractivity contribution < 1.29 is 19.1 Å². The molecule has 0 aliphatic heterocycles. The van der Waals surface area contributed by atoms with Gasteiger partial charge in [-0.2, -0.15) is 5.10 Å². The number of anilines is 3. The van der Waals surface area contributed by atoms with Crippen LogP contribution in [-0.4, -0.2) is 36.7 Å². The van der Waals surface area contributed by atoms with Gasteiger partial charge in [0.1, 0.15) is 0 Å². The Hall–Kier alpha value is -5.48. The number of amides is 2. The van der Waals surface area contributed by atoms with E-state index in [1.54, 1.807) is 30.3 Å². The van der Waals surface area contributed by atoms with Crippen LogP contribution in [0.25, 0.3) is 11.3 Å². The van der Waals surface area contributed by atoms with E-state index >= 15 is 0 Å². The topological polar surface area (TPSA) is 114 Å². The zero-order valence-corrected chi connectivity index (χ0v) is 26.2. The molecule has 3 N–H and O–H groups in total. The number of aromatic nitrogens is 1. The van der Waals surface area contributed by atoms with Crippen LogP contribution in [0.5, 0.6) is 11.5 Å². The number of ether oxygens (including phenoxy) is 2. The average molecular weight is 620 g/mol. The van der Waals surface area contributed by atoms with Crippen LogP contribution in [0.15, 0.2) is 95.4 Å². The molecule has 1 heterocycles. The molecule has 228 valence electrons. The summed E-state index contributed by atoms with van der Waals surface area (Å²) >= 11 is 1.52. The van der Waals surface area contributed by atoms with Crippen molar-refractivity contribution in [1.29, 1.82) is 0 Å². The number of nitrogens with one attached hydrogen (secondary N) is 3. The molecule has 5 aromatic rings. The number of methoxy groups -OCH3 is 1. The Morgan fingerprint density at radius 1 is 0.889 bits per heavy atom. The zero-order valence-electron chi connectivity index (χ0n) is 25.4. The van der Waals surface area contributed by atoms with Crippen molar-refractivity contribution >= 4 is 45.9 Å². The number of carbonyl (C=O) groups excluding carboxylic acids is 2. The van der Waals surface area contributed by atoms with Crippen LogP contribution in [0.2, 0.25) is 0 Å². The van der Waals surface area contributed by atoms with Gasteiger partial charge in [-0.3, -0.25) is 9.59 Å². The Bertz CT molecular complexity index is 1830. The van der Waals surface area contributed by atoms with Gasteiger partial charge in [-0.1, -0.05) is 42.0 Å². The molecule has 0 aliphatic rings. The van der Waals surface area contributed by atoms with Crippen molar-refractivity contribution in [2.24, 2.45) is 5.10 Å². The molecular formula is C35H33N5O4S. The van der Waals surface area contributed by atoms with Gasteiger partial charge in [0.2, 0.25) is 0 Å². The Morgan fingerprint density at radius 2 is 1.64 bits per heavy atom. The summed E-state index contributed by atoms with van der Waals surface area (Å²) in [5, 5.41) is 13.0. The molecule has 9 nitrogen and oxygen atoms in total. The molecule has 0 saturated carbocycles. The lowest BCUT2D eigenvalue weighted by Crippen LogP contribution is -2.21. The van der Waals surface area contributed by atoms with Crippen LogP contribution in [-0.2, 0) is 4.79 Å². The Balaban J connectivity index is 1.13. The minimum atomic E-state index is -0.348. The minimum Gasteiger partial charge on any atom is -0.493 e. The van der Waals surface area contributed by atoms with E-state index in [4.69, 9.17) is 9.47 Å². The van der Waals surface area contributed by atoms with Gasteiger partial charge in [0, 0.05) is 27.9 Å². The number of benzene rings is 4. The molecule has 0 unspecified atom stereocenters. The minimum absolute atomic E-state index is 0.181. The fraction of sp³-hybridized carbons (Fsp3) is 0.143. The molecular weight excluding hydrogens is 586 g/mol. The van der Waals surface area contributed by atoms with Gasteiger partial charge < -0.3 is 20.1 Å². The predicted molar refractivity (Wildman–Crippen MR) is 180 cm³/mol. The van der Waals surface area contributed by atoms with Gasteiger partial charge in [0.15, 0.2) is 23.2 Å². The molecule has 0 aliphatic carbocycles. The van der Waals surface area contributed by atoms with Crippen LogP contribution in [0, 0.1) is 20.8 Å². The van der Waals surface area contributed by atoms with Gasteiger partial charge >= 0.3 is 0 Å². The molecule has 10 heteroatoms. The quantitative estimate of drug-likeness (QED) is 0.106. The number of aryl methyl sites for hydroxylation is 3. The van der Waals surface area contributed by atoms with Gasteiger partial charge in [0.25, 0.3) is 11.8 Å². The third-order valence-electron chi connectivity index (χ3n) is 6.84. The van der Waals surface area contributed by atoms with Crippen LogP contribution in [0.3, 0.4) is 0 Å². The molecule has 45 heavy (non-hydrogen) atoms. The van der Waals surface area contributed by atoms with E-state index in [1.807, 2.05) is 80.7 Å². The van der Waals surface area contributed by atoms with E-state index in [1.165, 1.54) is 30.2 Å². The summed E-state index contributed by atoms with van der Waals surface area (Å²) < 4.78 is 11.1. The second-order valence-electron chi connectivity index (χ2n) is 10.4. The highest BCUT2D eigenvalue weighted by molar-refractivity contribution is 7.14. The maximum Gasteiger partial charge on any atom is 0.271 e. The Kier molecular flexibility index (Phi) is 9.86. The fourth-order valence-electron chi connectivity index (χ4n) is 4.33. The first kappa shape index (κ1) is 31.0. The molecule has 0 saturated heterocycles. The lowest BCUT2D eigenvalue weighted by molar-refractivity contribution is -0.118. The average Bonchev–Trinajstić information content (AvgIpc) is 3.51. The third-order valence-corrected chi connectivity index (χ3v) is 7.60. The molecule has 0 bridgehead atoms. The number of nitrogens with zero attached hydrogens (tertiary/aromatic N) is 2. The second kappa shape index (κ2) is 14.3. The Morgan fingerprint density at radius 3 is 2.40 bits per heavy atom. The highest BCUT2D eigenvalue weighted by atomic mass is 32.1. The molecule has 2 amide bonds. The van der Waals surface area contributed by atoms with Crippen molar-refractivity contribution in [3.63, 3.8) is 0 Å². The van der Waals surface area contributed by atoms with Gasteiger partial charge in [-0.05, 0) is 86.0 Å². The van der Waals surface area contributed by atoms with E-state index in [9.17, 15) is 9.59 Å². The largest absolute Gasteiger partial charge is 0.493 e. The first-order valence-electron chi connectivity index (χ1n) is 14.2. The summed E-state index contributed by atoms with van der Waals surface area (Å²) in [4.78, 5) is 29.8. The lowest BCUT2D eigenvalue weighted by atomic mass is 10.1. The van der Waals surface area contributed by atoms with E-state index < -0.39 is 0 Å². The van der Waals surface area contributed by atoms with E-state index in [-0.39, 0.29) is 18.4 Å². The first-order chi connectivity index (χ1) is 21.8. The predicted octanol–water partition coefficient (Wildman–Crippen LogP) is 7.27. The van der Waals surface area contributed by atoms with Gasteiger partial charge in [0.05, 0.1) is 19.0 Å². The molecule has 0 atom stereocenters. The summed E-state index contributed by atoms with van der Waals surface area (Å²) in [6, 6.07) is 26.3. The highest BCUT2D eigenvalue weighted by Gasteiger charge is 2.11. The lowest BCUT2D eigenvalue weighted by Gasteiger charge is -2.12. The van der Waals surface area contributed by atoms with Crippen LogP contribution >= 0.6 is 11.3 Å². The van der Waals surface area contributed by atoms with Crippen LogP contribution in [0.4, 0.5) is 16.5 Å². The maximum atomic E-state index is 12.7. The van der Waals surface area contributed by atoms with E-state index in [0.717, 1.165) is 38.9 Å². The monoisotopic (exact) mass is 619 g/mol. The smallest absolute Gasteiger partial charge is 0.271 e. The number of hydrazone groups is 1. The summed E-state index contributed by atoms with van der Waals surface area (Å²) in [5.41, 5.74) is 10.4. The summed E-state index contributed by atoms with van der Waals surface area (Å²) in [5.74, 6) is 0.214. The number of thiazole rings is 1. The molecule has 1 aromatic heterocycles. The highest BCUT2D eigenvalue weighted by Crippen LogP contribution is 2.29. The second-order valence-corrected chi connectivity index (χ2v) is 11.2. The molecule has 0 fully saturated rings. The van der Waals surface area contributed by atoms with Crippen molar-refractivity contribution in [2.45, 2.75) is 20.8 Å². The van der Waals surface area contributed by atoms with Crippen molar-refractivity contribution in [2.75, 3.05) is 24.4 Å². The number of carbonyl (C=O) groups is 2. The van der Waals surface area contributed by atoms with E-state index in [2.05, 4.69) is 26.1 Å². The summed E-state index contributed by atoms with van der Waals surface area (Å²) in [7, 11) is 1.51. The number of hydrogen-bond donors (Lipinski definition) is 3. The maximum absolute atomic E-state index is 12.7. The van der Waals surface area contributed by atoms with Crippen LogP contribution in [0.1, 0.15) is 32.6 Å². The van der Waals surface area contributed by atoms with Gasteiger partial charge in [-0.25, -0.2) is 10.4 Å². The summed E-state index contributed by atoms with van der Waals surface area (Å²) in [6.07, 6.45) is 1.50. The SMILES string of the molecule is COc1cc(/C=N/NC(=O)c2ccc(-c3csc(Nc4ccc(C)cc4)n3)cc2)ccc1OCC(=O)Nc1cc(C)ccc1C. The molecule has 4 aromatic carbocycles. The Labute approximate surface area is 266 Å². The fourth-order valence-corrected chi connectivity index (χ4v) is 5.07. The van der Waals surface area contributed by atoms with Crippen molar-refractivity contribution in [1.82, 2.24) is 10.4 Å². The normalized spacial score (nSPS) is 10.8. The van der Waals surface area contributed by atoms with Crippen molar-refractivity contribution in [3.8, 4) is 22.8 Å². The standard InChI is InChI=1S/C35H33N5O4S/c1-22-6-14-28(15-7-22)37-35-39-30(21-45-35)26-10-12-27(13-11-26)34(42)40-36-19-25-9-16-31(32(18-25)43-4)44-20-33(41)38-29-17-23(2)5-8-24(29)3/h5-19,21H,20H2,1-4H3,(H,37,39)(H,38,41)(H,40,42)/b36-19+. The molecule has 0 radical (unpaired) electrons. The molecule has 5 rings (SSSR count). The number of rotatable bonds is 11. The van der Waals surface area contributed by atoms with Gasteiger partial charge in [-0.15, -0.1) is 11.3 Å². The molecule has 0 spiro atoms. The number of hydrogen-bond acceptors (Lipinski definition) is 8. The van der Waals surface area contributed by atoms with E-state index in [0.29, 0.717) is 22.6 Å². The zero-order chi connectivity index (χ0) is 31.8.